The summed E-state index contributed by atoms with van der Waals surface area (Å²) in [5, 5.41) is 49.0. The van der Waals surface area contributed by atoms with Crippen LogP contribution in [0.4, 0.5) is 114 Å². The number of ether oxygens (including phenoxy) is 2. The van der Waals surface area contributed by atoms with E-state index in [0.717, 1.165) is 119 Å². The molecule has 0 aromatic rings. The lowest BCUT2D eigenvalue weighted by Crippen LogP contribution is -2.70. The normalized spacial score (nSPS) is 19.0. The van der Waals surface area contributed by atoms with Gasteiger partial charge in [0.15, 0.2) is 6.29 Å². The van der Waals surface area contributed by atoms with Crippen molar-refractivity contribution in [3.8, 4) is 0 Å². The van der Waals surface area contributed by atoms with E-state index < -0.39 is 185 Å². The Morgan fingerprint density at radius 3 is 0.892 bits per heavy atom. The zero-order chi connectivity index (χ0) is 71.8. The Bertz CT molecular complexity index is 2130. The summed E-state index contributed by atoms with van der Waals surface area (Å²) in [5.74, 6) is -76.5. The molecule has 5 atom stereocenters. The maximum Gasteiger partial charge on any atom is 0.460 e. The van der Waals surface area contributed by atoms with E-state index in [9.17, 15) is 149 Å². The van der Waals surface area contributed by atoms with Crippen LogP contribution in [0.15, 0.2) is 0 Å². The molecule has 1 aliphatic rings. The monoisotopic (exact) mass is 1420 g/mol. The van der Waals surface area contributed by atoms with E-state index in [0.29, 0.717) is 32.1 Å². The van der Waals surface area contributed by atoms with Crippen molar-refractivity contribution < 1.29 is 159 Å². The molecule has 554 valence electrons. The number of amides is 2. The second-order valence-corrected chi connectivity index (χ2v) is 23.2. The van der Waals surface area contributed by atoms with Crippen molar-refractivity contribution in [1.29, 1.82) is 0 Å². The van der Waals surface area contributed by atoms with Gasteiger partial charge in [-0.2, -0.15) is 114 Å². The summed E-state index contributed by atoms with van der Waals surface area (Å²) in [4.78, 5) is 27.9. The van der Waals surface area contributed by atoms with Crippen LogP contribution in [0.3, 0.4) is 0 Å². The van der Waals surface area contributed by atoms with Crippen LogP contribution < -0.4 is 0 Å². The Morgan fingerprint density at radius 2 is 0.613 bits per heavy atom. The van der Waals surface area contributed by atoms with E-state index in [4.69, 9.17) is 9.47 Å². The van der Waals surface area contributed by atoms with Crippen molar-refractivity contribution in [2.45, 2.75) is 295 Å². The Labute approximate surface area is 520 Å². The van der Waals surface area contributed by atoms with Crippen LogP contribution in [0.1, 0.15) is 193 Å². The van der Waals surface area contributed by atoms with Gasteiger partial charge in [0.05, 0.1) is 19.8 Å². The number of nitrogens with zero attached hydrogens (tertiary/aromatic N) is 2. The van der Waals surface area contributed by atoms with Gasteiger partial charge < -0.3 is 44.8 Å². The van der Waals surface area contributed by atoms with E-state index in [1.165, 1.54) is 0 Å². The predicted octanol–water partition coefficient (Wildman–Crippen LogP) is 15.6. The first-order valence-corrected chi connectivity index (χ1v) is 30.6. The summed E-state index contributed by atoms with van der Waals surface area (Å²) < 4.78 is 360. The molecule has 0 spiro atoms. The van der Waals surface area contributed by atoms with Gasteiger partial charge in [-0.25, -0.2) is 0 Å². The first kappa shape index (κ1) is 87.9. The smallest absolute Gasteiger partial charge is 0.395 e. The molecule has 1 saturated heterocycles. The zero-order valence-corrected chi connectivity index (χ0v) is 50.6. The molecule has 93 heavy (non-hydrogen) atoms. The van der Waals surface area contributed by atoms with E-state index >= 15 is 0 Å². The van der Waals surface area contributed by atoms with Gasteiger partial charge in [0.1, 0.15) is 24.4 Å². The number of alkyl halides is 26. The quantitative estimate of drug-likeness (QED) is 0.0295. The highest BCUT2D eigenvalue weighted by Crippen LogP contribution is 2.62. The van der Waals surface area contributed by atoms with Crippen LogP contribution >= 0.6 is 0 Å². The highest BCUT2D eigenvalue weighted by Gasteiger charge is 2.92. The van der Waals surface area contributed by atoms with Crippen LogP contribution in [0.25, 0.3) is 0 Å². The van der Waals surface area contributed by atoms with Crippen LogP contribution in [0.2, 0.25) is 0 Å². The maximum atomic E-state index is 14.3. The average molecular weight is 1420 g/mol. The highest BCUT2D eigenvalue weighted by atomic mass is 19.4. The molecule has 2 amide bonds. The maximum absolute atomic E-state index is 14.3. The molecule has 1 fully saturated rings. The third kappa shape index (κ3) is 23.5. The van der Waals surface area contributed by atoms with Crippen LogP contribution in [0.5, 0.6) is 0 Å². The molecule has 0 aliphatic carbocycles. The van der Waals surface area contributed by atoms with E-state index in [2.05, 4.69) is 0 Å². The van der Waals surface area contributed by atoms with Crippen molar-refractivity contribution in [3.05, 3.63) is 0 Å². The minimum absolute atomic E-state index is 0.0423. The third-order valence-electron chi connectivity index (χ3n) is 15.9. The molecular formula is C56H84F26N2O9. The number of aliphatic hydroxyl groups excluding tert-OH is 5. The number of aliphatic hydroxyl groups is 5. The van der Waals surface area contributed by atoms with Crippen molar-refractivity contribution in [2.75, 3.05) is 46.0 Å². The molecule has 0 saturated carbocycles. The number of unbranched alkanes of at least 4 members (excludes halogenated alkanes) is 23. The number of carbonyl (C=O) groups is 2. The highest BCUT2D eigenvalue weighted by molar-refractivity contribution is 5.76. The van der Waals surface area contributed by atoms with Gasteiger partial charge in [0.25, 0.3) is 0 Å². The average Bonchev–Trinajstić information content (AvgIpc) is 0.722. The van der Waals surface area contributed by atoms with Gasteiger partial charge in [-0.15, -0.1) is 0 Å². The molecule has 1 heterocycles. The summed E-state index contributed by atoms with van der Waals surface area (Å²) in [6.07, 6.45) is -14.7. The first-order valence-electron chi connectivity index (χ1n) is 30.6. The van der Waals surface area contributed by atoms with Gasteiger partial charge in [-0.3, -0.25) is 9.59 Å². The number of hydrogen-bond donors (Lipinski definition) is 5. The summed E-state index contributed by atoms with van der Waals surface area (Å²) in [6, 6.07) is 0. The summed E-state index contributed by atoms with van der Waals surface area (Å²) in [7, 11) is 0. The van der Waals surface area contributed by atoms with Crippen molar-refractivity contribution in [3.63, 3.8) is 0 Å². The molecule has 0 aromatic carbocycles. The fourth-order valence-electron chi connectivity index (χ4n) is 9.95. The molecular weight excluding hydrogens is 1340 g/mol. The Kier molecular flexibility index (Phi) is 35.6. The summed E-state index contributed by atoms with van der Waals surface area (Å²) in [5.41, 5.74) is 0. The molecule has 0 aromatic heterocycles. The number of hydrogen-bond acceptors (Lipinski definition) is 9. The molecule has 0 bridgehead atoms. The van der Waals surface area contributed by atoms with Gasteiger partial charge in [0.2, 0.25) is 11.8 Å². The zero-order valence-electron chi connectivity index (χ0n) is 50.6. The number of rotatable bonds is 50. The van der Waals surface area contributed by atoms with E-state index in [-0.39, 0.29) is 26.2 Å². The predicted molar refractivity (Wildman–Crippen MR) is 280 cm³/mol. The summed E-state index contributed by atoms with van der Waals surface area (Å²) >= 11 is 0. The lowest BCUT2D eigenvalue weighted by atomic mass is 9.91. The van der Waals surface area contributed by atoms with Gasteiger partial charge >= 0.3 is 71.6 Å². The van der Waals surface area contributed by atoms with Crippen molar-refractivity contribution in [2.24, 2.45) is 0 Å². The van der Waals surface area contributed by atoms with Crippen LogP contribution in [0, 0.1) is 0 Å². The molecule has 5 N–H and O–H groups in total. The van der Waals surface area contributed by atoms with E-state index in [1.807, 2.05) is 0 Å². The van der Waals surface area contributed by atoms with Gasteiger partial charge in [-0.05, 0) is 38.5 Å². The molecule has 37 heteroatoms. The molecule has 11 nitrogen and oxygen atoms in total. The minimum Gasteiger partial charge on any atom is -0.395 e. The van der Waals surface area contributed by atoms with E-state index in [1.54, 1.807) is 0 Å². The summed E-state index contributed by atoms with van der Waals surface area (Å²) in [6.45, 7) is -2.35. The third-order valence-corrected chi connectivity index (χ3v) is 15.9. The fourth-order valence-corrected chi connectivity index (χ4v) is 9.95. The number of carbonyl (C=O) groups excluding carboxylic acids is 2. The van der Waals surface area contributed by atoms with Crippen molar-refractivity contribution in [1.82, 2.24) is 9.80 Å². The van der Waals surface area contributed by atoms with Crippen LogP contribution in [-0.4, -0.2) is 195 Å². The Hall–Kier alpha value is -3.16. The molecule has 0 unspecified atom stereocenters. The lowest BCUT2D eigenvalue weighted by Gasteiger charge is -2.39. The second kappa shape index (κ2) is 37.7. The Morgan fingerprint density at radius 1 is 0.333 bits per heavy atom. The van der Waals surface area contributed by atoms with Gasteiger partial charge in [0, 0.05) is 51.9 Å². The van der Waals surface area contributed by atoms with Crippen molar-refractivity contribution >= 4 is 11.8 Å². The molecule has 1 aliphatic heterocycles. The SMILES string of the molecule is O=C(CCCCC(F)(F)C(F)(F)C(F)(F)C(F)(F)C(F)(F)C(F)(F)F)N(CCO)CCCCCCCCCCCCCCCCCCCCCCCCN(CCO[C@@H]1O[C@H](CO)[C@H](O)[C@H](O)[C@H]1O)C(=O)CCCCC(F)(F)C(F)(F)C(F)(F)C(F)(F)C(F)(F)C(F)(F)F. The fraction of sp³-hybridized carbons (Fsp3) is 0.964. The first-order chi connectivity index (χ1) is 42.6. The lowest BCUT2D eigenvalue weighted by molar-refractivity contribution is -0.440. The minimum atomic E-state index is -8.03. The van der Waals surface area contributed by atoms with Gasteiger partial charge in [-0.1, -0.05) is 128 Å². The topological polar surface area (TPSA) is 160 Å². The van der Waals surface area contributed by atoms with Crippen LogP contribution in [-0.2, 0) is 19.1 Å². The standard InChI is InChI=1S/C56H84F26N2O9/c57-45(58,47(61,62)49(65,66)51(69,70)53(73,74)55(77,78)79)29-23-21-27-39(87)83(33-35-85)31-25-19-17-15-13-11-9-7-5-3-1-2-4-6-8-10-12-14-16-18-20-26-32-84(34-36-92-44-43(91)42(90)41(89)38(37-86)93-44)40(88)28-22-24-30-46(59,60)48(63,64)50(67,68)52(71,72)54(75,76)56(80,81)82/h38,41-44,85-86,89-91H,1-37H2/t38-,41+,42+,43-,44-/m1/s1. The molecule has 1 rings (SSSR count). The number of halogens is 26. The largest absolute Gasteiger partial charge is 0.460 e. The second-order valence-electron chi connectivity index (χ2n) is 23.2. The molecule has 0 radical (unpaired) electrons. The Balaban J connectivity index is 2.38.